The van der Waals surface area contributed by atoms with Crippen molar-refractivity contribution in [1.82, 2.24) is 15.5 Å². The highest BCUT2D eigenvalue weighted by Crippen LogP contribution is 2.21. The summed E-state index contributed by atoms with van der Waals surface area (Å²) in [6, 6.07) is 10.4. The molecular weight excluding hydrogens is 366 g/mol. The molecule has 9 heteroatoms. The maximum Gasteiger partial charge on any atom is 0.306 e. The minimum absolute atomic E-state index is 0.117. The van der Waals surface area contributed by atoms with E-state index in [1.54, 1.807) is 25.3 Å². The number of methoxy groups -OCH3 is 1. The van der Waals surface area contributed by atoms with Gasteiger partial charge in [0.1, 0.15) is 5.75 Å². The molecule has 0 radical (unpaired) electrons. The van der Waals surface area contributed by atoms with Gasteiger partial charge in [-0.3, -0.25) is 9.59 Å². The predicted molar refractivity (Wildman–Crippen MR) is 96.4 cm³/mol. The van der Waals surface area contributed by atoms with Crippen LogP contribution in [0, 0.1) is 0 Å². The van der Waals surface area contributed by atoms with Gasteiger partial charge in [0.05, 0.1) is 13.4 Å². The second-order valence-electron chi connectivity index (χ2n) is 5.74. The Hall–Kier alpha value is -3.62. The molecule has 3 rings (SSSR count). The maximum absolute atomic E-state index is 11.8. The van der Waals surface area contributed by atoms with Crippen LogP contribution in [0.25, 0.3) is 11.4 Å². The Morgan fingerprint density at radius 1 is 1.21 bits per heavy atom. The van der Waals surface area contributed by atoms with Gasteiger partial charge in [-0.15, -0.1) is 0 Å². The Morgan fingerprint density at radius 3 is 2.89 bits per heavy atom. The van der Waals surface area contributed by atoms with E-state index in [4.69, 9.17) is 18.4 Å². The molecule has 0 bridgehead atoms. The third-order valence-electron chi connectivity index (χ3n) is 3.74. The number of nitrogens with one attached hydrogen (secondary N) is 1. The molecule has 3 aromatic rings. The average Bonchev–Trinajstić information content (AvgIpc) is 3.42. The fraction of sp³-hybridized carbons (Fsp3) is 0.263. The molecule has 0 saturated carbocycles. The van der Waals surface area contributed by atoms with Crippen LogP contribution in [0.5, 0.6) is 5.75 Å². The van der Waals surface area contributed by atoms with Crippen LogP contribution in [0.4, 0.5) is 0 Å². The standard InChI is InChI=1S/C19H19N3O6/c1-25-14-6-2-5-13(11-14)18-21-16(28-22-18)12-27-17(23)8-3-9-20-19(24)15-7-4-10-26-15/h2,4-7,10-11H,3,8-9,12H2,1H3,(H,20,24). The number of hydrogen-bond acceptors (Lipinski definition) is 8. The van der Waals surface area contributed by atoms with Crippen LogP contribution < -0.4 is 10.1 Å². The van der Waals surface area contributed by atoms with Gasteiger partial charge < -0.3 is 23.7 Å². The number of carbonyl (C=O) groups excluding carboxylic acids is 2. The molecule has 0 unspecified atom stereocenters. The van der Waals surface area contributed by atoms with Crippen LogP contribution in [-0.2, 0) is 16.1 Å². The van der Waals surface area contributed by atoms with E-state index in [0.717, 1.165) is 5.56 Å². The molecule has 0 fully saturated rings. The van der Waals surface area contributed by atoms with E-state index >= 15 is 0 Å². The Labute approximate surface area is 160 Å². The van der Waals surface area contributed by atoms with Gasteiger partial charge in [-0.2, -0.15) is 4.98 Å². The highest BCUT2D eigenvalue weighted by Gasteiger charge is 2.12. The van der Waals surface area contributed by atoms with E-state index in [-0.39, 0.29) is 30.6 Å². The van der Waals surface area contributed by atoms with Crippen LogP contribution >= 0.6 is 0 Å². The Balaban J connectivity index is 1.39. The van der Waals surface area contributed by atoms with Gasteiger partial charge in [-0.25, -0.2) is 0 Å². The van der Waals surface area contributed by atoms with Gasteiger partial charge in [0.2, 0.25) is 5.82 Å². The predicted octanol–water partition coefficient (Wildman–Crippen LogP) is 2.59. The van der Waals surface area contributed by atoms with Crippen LogP contribution in [0.1, 0.15) is 29.3 Å². The average molecular weight is 385 g/mol. The molecule has 9 nitrogen and oxygen atoms in total. The number of benzene rings is 1. The van der Waals surface area contributed by atoms with Crippen molar-refractivity contribution in [3.05, 3.63) is 54.3 Å². The lowest BCUT2D eigenvalue weighted by Gasteiger charge is -2.03. The van der Waals surface area contributed by atoms with Gasteiger partial charge >= 0.3 is 5.97 Å². The van der Waals surface area contributed by atoms with Crippen LogP contribution in [0.3, 0.4) is 0 Å². The van der Waals surface area contributed by atoms with Crippen molar-refractivity contribution in [3.63, 3.8) is 0 Å². The van der Waals surface area contributed by atoms with Gasteiger partial charge in [0, 0.05) is 18.5 Å². The summed E-state index contributed by atoms with van der Waals surface area (Å²) in [6.07, 6.45) is 2.00. The molecule has 0 atom stereocenters. The second kappa shape index (κ2) is 9.36. The fourth-order valence-corrected chi connectivity index (χ4v) is 2.34. The quantitative estimate of drug-likeness (QED) is 0.441. The summed E-state index contributed by atoms with van der Waals surface area (Å²) in [7, 11) is 1.57. The van der Waals surface area contributed by atoms with Gasteiger partial charge in [-0.05, 0) is 30.7 Å². The van der Waals surface area contributed by atoms with Crippen LogP contribution in [0.2, 0.25) is 0 Å². The normalized spacial score (nSPS) is 10.5. The first-order valence-corrected chi connectivity index (χ1v) is 8.60. The summed E-state index contributed by atoms with van der Waals surface area (Å²) < 4.78 is 20.3. The lowest BCUT2D eigenvalue weighted by atomic mass is 10.2. The SMILES string of the molecule is COc1cccc(-c2noc(COC(=O)CCCNC(=O)c3ccco3)n2)c1. The maximum atomic E-state index is 11.8. The van der Waals surface area contributed by atoms with E-state index in [1.807, 2.05) is 18.2 Å². The first-order valence-electron chi connectivity index (χ1n) is 8.60. The van der Waals surface area contributed by atoms with Crippen molar-refractivity contribution in [2.24, 2.45) is 0 Å². The van der Waals surface area contributed by atoms with Crippen molar-refractivity contribution in [1.29, 1.82) is 0 Å². The third kappa shape index (κ3) is 5.19. The molecule has 2 heterocycles. The number of esters is 1. The number of amides is 1. The number of ether oxygens (including phenoxy) is 2. The second-order valence-corrected chi connectivity index (χ2v) is 5.74. The van der Waals surface area contributed by atoms with E-state index in [0.29, 0.717) is 24.5 Å². The molecule has 0 aliphatic rings. The molecule has 146 valence electrons. The van der Waals surface area contributed by atoms with Crippen molar-refractivity contribution >= 4 is 11.9 Å². The Kier molecular flexibility index (Phi) is 6.40. The summed E-state index contributed by atoms with van der Waals surface area (Å²) in [5, 5.41) is 6.52. The number of carbonyl (C=O) groups is 2. The monoisotopic (exact) mass is 385 g/mol. The molecule has 1 N–H and O–H groups in total. The van der Waals surface area contributed by atoms with E-state index in [2.05, 4.69) is 15.5 Å². The summed E-state index contributed by atoms with van der Waals surface area (Å²) >= 11 is 0. The summed E-state index contributed by atoms with van der Waals surface area (Å²) in [4.78, 5) is 27.7. The molecule has 1 amide bonds. The number of furan rings is 1. The third-order valence-corrected chi connectivity index (χ3v) is 3.74. The summed E-state index contributed by atoms with van der Waals surface area (Å²) in [6.45, 7) is 0.212. The van der Waals surface area contributed by atoms with Gasteiger partial charge in [0.25, 0.3) is 11.8 Å². The topological polar surface area (TPSA) is 117 Å². The molecule has 0 spiro atoms. The zero-order valence-corrected chi connectivity index (χ0v) is 15.2. The zero-order valence-electron chi connectivity index (χ0n) is 15.2. The minimum Gasteiger partial charge on any atom is -0.497 e. The van der Waals surface area contributed by atoms with E-state index in [9.17, 15) is 9.59 Å². The van der Waals surface area contributed by atoms with Crippen LogP contribution in [0.15, 0.2) is 51.6 Å². The van der Waals surface area contributed by atoms with E-state index < -0.39 is 5.97 Å². The first-order chi connectivity index (χ1) is 13.7. The molecule has 0 aliphatic carbocycles. The Morgan fingerprint density at radius 2 is 2.11 bits per heavy atom. The summed E-state index contributed by atoms with van der Waals surface area (Å²) in [5.41, 5.74) is 0.730. The molecule has 28 heavy (non-hydrogen) atoms. The van der Waals surface area contributed by atoms with Crippen molar-refractivity contribution in [3.8, 4) is 17.1 Å². The highest BCUT2D eigenvalue weighted by molar-refractivity contribution is 5.91. The lowest BCUT2D eigenvalue weighted by Crippen LogP contribution is -2.24. The summed E-state index contributed by atoms with van der Waals surface area (Å²) in [5.74, 6) is 0.728. The number of aromatic nitrogens is 2. The smallest absolute Gasteiger partial charge is 0.306 e. The largest absolute Gasteiger partial charge is 0.497 e. The zero-order chi connectivity index (χ0) is 19.8. The minimum atomic E-state index is -0.423. The van der Waals surface area contributed by atoms with Crippen molar-refractivity contribution < 1.29 is 28.0 Å². The van der Waals surface area contributed by atoms with Gasteiger partial charge in [0.15, 0.2) is 12.4 Å². The fourth-order valence-electron chi connectivity index (χ4n) is 2.34. The molecular formula is C19H19N3O6. The molecule has 2 aromatic heterocycles. The number of nitrogens with zero attached hydrogens (tertiary/aromatic N) is 2. The van der Waals surface area contributed by atoms with Crippen LogP contribution in [-0.4, -0.2) is 35.7 Å². The Bertz CT molecular complexity index is 919. The molecule has 0 aliphatic heterocycles. The number of hydrogen-bond donors (Lipinski definition) is 1. The molecule has 1 aromatic carbocycles. The van der Waals surface area contributed by atoms with Crippen molar-refractivity contribution in [2.75, 3.05) is 13.7 Å². The first kappa shape index (κ1) is 19.2. The highest BCUT2D eigenvalue weighted by atomic mass is 16.6. The van der Waals surface area contributed by atoms with Crippen molar-refractivity contribution in [2.45, 2.75) is 19.4 Å². The lowest BCUT2D eigenvalue weighted by molar-refractivity contribution is -0.145. The van der Waals surface area contributed by atoms with E-state index in [1.165, 1.54) is 6.26 Å². The van der Waals surface area contributed by atoms with Gasteiger partial charge in [-0.1, -0.05) is 17.3 Å². The number of rotatable bonds is 9. The molecule has 0 saturated heterocycles.